The molecule has 0 spiro atoms. The summed E-state index contributed by atoms with van der Waals surface area (Å²) >= 11 is 0. The van der Waals surface area contributed by atoms with Gasteiger partial charge in [-0.2, -0.15) is 0 Å². The molecule has 0 aliphatic carbocycles. The summed E-state index contributed by atoms with van der Waals surface area (Å²) in [5.74, 6) is 0.946. The maximum Gasteiger partial charge on any atom is 0.255 e. The Morgan fingerprint density at radius 1 is 1.24 bits per heavy atom. The molecule has 5 nitrogen and oxygen atoms in total. The van der Waals surface area contributed by atoms with Crippen molar-refractivity contribution in [2.24, 2.45) is 5.92 Å². The third-order valence-corrected chi connectivity index (χ3v) is 4.72. The number of aliphatic hydroxyl groups excluding tert-OH is 1. The van der Waals surface area contributed by atoms with Crippen LogP contribution in [0.3, 0.4) is 0 Å². The molecule has 2 N–H and O–H groups in total. The standard InChI is InChI=1S/C20H24N2O3/c1-14(23)15-11-12-22(13-15)20(24)18-5-3-4-6-19(18)21-16-7-9-17(25-2)10-8-16/h3-10,14-15,21,23H,11-13H2,1-2H3. The monoisotopic (exact) mass is 340 g/mol. The second kappa shape index (κ2) is 7.57. The van der Waals surface area contributed by atoms with Gasteiger partial charge in [0.1, 0.15) is 5.75 Å². The van der Waals surface area contributed by atoms with E-state index < -0.39 is 0 Å². The van der Waals surface area contributed by atoms with E-state index in [1.54, 1.807) is 14.0 Å². The molecule has 132 valence electrons. The Labute approximate surface area is 148 Å². The number of rotatable bonds is 5. The highest BCUT2D eigenvalue weighted by Crippen LogP contribution is 2.27. The maximum atomic E-state index is 12.9. The van der Waals surface area contributed by atoms with Crippen LogP contribution in [0, 0.1) is 5.92 Å². The Balaban J connectivity index is 1.77. The number of likely N-dealkylation sites (tertiary alicyclic amines) is 1. The van der Waals surface area contributed by atoms with Gasteiger partial charge in [0.2, 0.25) is 0 Å². The molecule has 2 unspecified atom stereocenters. The number of anilines is 2. The fourth-order valence-electron chi connectivity index (χ4n) is 3.14. The summed E-state index contributed by atoms with van der Waals surface area (Å²) in [6, 6.07) is 15.1. The lowest BCUT2D eigenvalue weighted by Gasteiger charge is -2.20. The topological polar surface area (TPSA) is 61.8 Å². The first kappa shape index (κ1) is 17.3. The number of nitrogens with zero attached hydrogens (tertiary/aromatic N) is 1. The SMILES string of the molecule is COc1ccc(Nc2ccccc2C(=O)N2CCC(C(C)O)C2)cc1. The van der Waals surface area contributed by atoms with Gasteiger partial charge in [0.05, 0.1) is 24.5 Å². The van der Waals surface area contributed by atoms with Crippen LogP contribution in [0.4, 0.5) is 11.4 Å². The van der Waals surface area contributed by atoms with Gasteiger partial charge in [0.15, 0.2) is 0 Å². The van der Waals surface area contributed by atoms with E-state index in [0.717, 1.165) is 23.5 Å². The van der Waals surface area contributed by atoms with Gasteiger partial charge in [-0.1, -0.05) is 12.1 Å². The minimum atomic E-state index is -0.384. The van der Waals surface area contributed by atoms with Gasteiger partial charge in [-0.25, -0.2) is 0 Å². The largest absolute Gasteiger partial charge is 0.497 e. The van der Waals surface area contributed by atoms with Crippen molar-refractivity contribution in [2.45, 2.75) is 19.4 Å². The van der Waals surface area contributed by atoms with Crippen LogP contribution in [-0.4, -0.2) is 42.2 Å². The fraction of sp³-hybridized carbons (Fsp3) is 0.350. The first-order valence-electron chi connectivity index (χ1n) is 8.56. The average Bonchev–Trinajstić information content (AvgIpc) is 3.13. The van der Waals surface area contributed by atoms with Crippen molar-refractivity contribution >= 4 is 17.3 Å². The van der Waals surface area contributed by atoms with Crippen molar-refractivity contribution in [3.05, 3.63) is 54.1 Å². The van der Waals surface area contributed by atoms with Crippen molar-refractivity contribution in [2.75, 3.05) is 25.5 Å². The Hall–Kier alpha value is -2.53. The van der Waals surface area contributed by atoms with Crippen LogP contribution in [0.5, 0.6) is 5.75 Å². The maximum absolute atomic E-state index is 12.9. The van der Waals surface area contributed by atoms with Gasteiger partial charge >= 0.3 is 0 Å². The summed E-state index contributed by atoms with van der Waals surface area (Å²) in [5.41, 5.74) is 2.31. The number of methoxy groups -OCH3 is 1. The molecule has 3 rings (SSSR count). The number of carbonyl (C=O) groups excluding carboxylic acids is 1. The lowest BCUT2D eigenvalue weighted by molar-refractivity contribution is 0.0763. The summed E-state index contributed by atoms with van der Waals surface area (Å²) in [7, 11) is 1.63. The lowest BCUT2D eigenvalue weighted by Crippen LogP contribution is -2.30. The average molecular weight is 340 g/mol. The number of amides is 1. The highest BCUT2D eigenvalue weighted by Gasteiger charge is 2.30. The van der Waals surface area contributed by atoms with Gasteiger partial charge < -0.3 is 20.1 Å². The van der Waals surface area contributed by atoms with Crippen LogP contribution in [0.25, 0.3) is 0 Å². The van der Waals surface area contributed by atoms with Crippen molar-refractivity contribution < 1.29 is 14.6 Å². The van der Waals surface area contributed by atoms with Crippen LogP contribution < -0.4 is 10.1 Å². The van der Waals surface area contributed by atoms with Crippen LogP contribution in [-0.2, 0) is 0 Å². The smallest absolute Gasteiger partial charge is 0.255 e. The highest BCUT2D eigenvalue weighted by atomic mass is 16.5. The summed E-state index contributed by atoms with van der Waals surface area (Å²) < 4.78 is 5.17. The predicted molar refractivity (Wildman–Crippen MR) is 98.4 cm³/mol. The van der Waals surface area contributed by atoms with E-state index in [2.05, 4.69) is 5.32 Å². The molecule has 1 heterocycles. The second-order valence-corrected chi connectivity index (χ2v) is 6.44. The zero-order valence-corrected chi connectivity index (χ0v) is 14.6. The number of hydrogen-bond donors (Lipinski definition) is 2. The first-order chi connectivity index (χ1) is 12.1. The highest BCUT2D eigenvalue weighted by molar-refractivity contribution is 6.00. The number of hydrogen-bond acceptors (Lipinski definition) is 4. The predicted octanol–water partition coefficient (Wildman–Crippen LogP) is 3.28. The van der Waals surface area contributed by atoms with Crippen molar-refractivity contribution in [1.29, 1.82) is 0 Å². The zero-order valence-electron chi connectivity index (χ0n) is 14.6. The molecule has 1 fully saturated rings. The summed E-state index contributed by atoms with van der Waals surface area (Å²) in [6.45, 7) is 3.08. The van der Waals surface area contributed by atoms with E-state index in [1.807, 2.05) is 53.4 Å². The van der Waals surface area contributed by atoms with Crippen LogP contribution in [0.15, 0.2) is 48.5 Å². The van der Waals surface area contributed by atoms with Gasteiger partial charge in [-0.15, -0.1) is 0 Å². The molecule has 2 aromatic rings. The van der Waals surface area contributed by atoms with Crippen molar-refractivity contribution in [3.63, 3.8) is 0 Å². The lowest BCUT2D eigenvalue weighted by atomic mass is 10.0. The molecule has 1 saturated heterocycles. The zero-order chi connectivity index (χ0) is 17.8. The quantitative estimate of drug-likeness (QED) is 0.877. The summed E-state index contributed by atoms with van der Waals surface area (Å²) in [5, 5.41) is 13.1. The van der Waals surface area contributed by atoms with Crippen LogP contribution in [0.1, 0.15) is 23.7 Å². The molecule has 0 aromatic heterocycles. The Kier molecular flexibility index (Phi) is 5.24. The number of para-hydroxylation sites is 1. The second-order valence-electron chi connectivity index (χ2n) is 6.44. The minimum Gasteiger partial charge on any atom is -0.497 e. The van der Waals surface area contributed by atoms with E-state index in [1.165, 1.54) is 0 Å². The molecule has 0 bridgehead atoms. The van der Waals surface area contributed by atoms with Crippen molar-refractivity contribution in [3.8, 4) is 5.75 Å². The molecule has 25 heavy (non-hydrogen) atoms. The Bertz CT molecular complexity index is 728. The van der Waals surface area contributed by atoms with E-state index >= 15 is 0 Å². The number of benzene rings is 2. The van der Waals surface area contributed by atoms with Crippen molar-refractivity contribution in [1.82, 2.24) is 4.90 Å². The fourth-order valence-corrected chi connectivity index (χ4v) is 3.14. The molecule has 1 aliphatic heterocycles. The number of carbonyl (C=O) groups is 1. The molecule has 2 atom stereocenters. The summed E-state index contributed by atoms with van der Waals surface area (Å²) in [4.78, 5) is 14.7. The van der Waals surface area contributed by atoms with Gasteiger partial charge in [0, 0.05) is 24.7 Å². The van der Waals surface area contributed by atoms with Crippen LogP contribution >= 0.6 is 0 Å². The molecular weight excluding hydrogens is 316 g/mol. The first-order valence-corrected chi connectivity index (χ1v) is 8.56. The molecule has 1 aliphatic rings. The Morgan fingerprint density at radius 2 is 1.96 bits per heavy atom. The minimum absolute atomic E-state index is 0.000221. The third-order valence-electron chi connectivity index (χ3n) is 4.72. The number of ether oxygens (including phenoxy) is 1. The number of nitrogens with one attached hydrogen (secondary N) is 1. The molecular formula is C20H24N2O3. The normalized spacial score (nSPS) is 18.0. The molecule has 0 radical (unpaired) electrons. The molecule has 2 aromatic carbocycles. The van der Waals surface area contributed by atoms with Gasteiger partial charge in [-0.3, -0.25) is 4.79 Å². The van der Waals surface area contributed by atoms with E-state index in [0.29, 0.717) is 18.7 Å². The van der Waals surface area contributed by atoms with E-state index in [4.69, 9.17) is 4.74 Å². The summed E-state index contributed by atoms with van der Waals surface area (Å²) in [6.07, 6.45) is 0.461. The van der Waals surface area contributed by atoms with Crippen LogP contribution in [0.2, 0.25) is 0 Å². The molecule has 5 heteroatoms. The van der Waals surface area contributed by atoms with Gasteiger partial charge in [0.25, 0.3) is 5.91 Å². The Morgan fingerprint density at radius 3 is 2.60 bits per heavy atom. The molecule has 0 saturated carbocycles. The van der Waals surface area contributed by atoms with E-state index in [-0.39, 0.29) is 17.9 Å². The van der Waals surface area contributed by atoms with Gasteiger partial charge in [-0.05, 0) is 49.7 Å². The third kappa shape index (κ3) is 3.94. The number of aliphatic hydroxyl groups is 1. The molecule has 1 amide bonds. The van der Waals surface area contributed by atoms with E-state index in [9.17, 15) is 9.90 Å².